The standard InChI is InChI=1S/C19H28N4OS2/c1-3-22(4-2)19-21-17-15(26-19)11-16(25-17)18(24)23-9-7-14(8-10-23)20-12-13-5-6-13/h11,13-14,20H,3-10,12H2,1-2H3. The molecule has 1 aliphatic heterocycles. The van der Waals surface area contributed by atoms with Crippen LogP contribution in [0.1, 0.15) is 49.2 Å². The fourth-order valence-corrected chi connectivity index (χ4v) is 5.86. The smallest absolute Gasteiger partial charge is 0.264 e. The number of anilines is 1. The molecule has 4 rings (SSSR count). The van der Waals surface area contributed by atoms with Gasteiger partial charge in [0.2, 0.25) is 0 Å². The Labute approximate surface area is 163 Å². The number of piperidine rings is 1. The van der Waals surface area contributed by atoms with E-state index in [1.54, 1.807) is 22.7 Å². The predicted octanol–water partition coefficient (Wildman–Crippen LogP) is 3.81. The van der Waals surface area contributed by atoms with Gasteiger partial charge in [0.25, 0.3) is 5.91 Å². The van der Waals surface area contributed by atoms with Crippen LogP contribution in [0.15, 0.2) is 6.07 Å². The molecule has 0 radical (unpaired) electrons. The van der Waals surface area contributed by atoms with Crippen molar-refractivity contribution in [1.29, 1.82) is 0 Å². The molecule has 1 amide bonds. The fourth-order valence-electron chi connectivity index (χ4n) is 3.56. The number of thiazole rings is 1. The van der Waals surface area contributed by atoms with Gasteiger partial charge in [0.1, 0.15) is 4.83 Å². The molecular weight excluding hydrogens is 364 g/mol. The molecule has 2 aromatic rings. The lowest BCUT2D eigenvalue weighted by atomic mass is 10.0. The molecule has 2 aromatic heterocycles. The minimum absolute atomic E-state index is 0.185. The maximum atomic E-state index is 12.9. The van der Waals surface area contributed by atoms with E-state index >= 15 is 0 Å². The van der Waals surface area contributed by atoms with Crippen LogP contribution in [-0.2, 0) is 0 Å². The number of thiophene rings is 1. The Kier molecular flexibility index (Phi) is 5.47. The summed E-state index contributed by atoms with van der Waals surface area (Å²) in [4.78, 5) is 23.7. The van der Waals surface area contributed by atoms with E-state index in [1.165, 1.54) is 19.4 Å². The van der Waals surface area contributed by atoms with Gasteiger partial charge in [0, 0.05) is 32.2 Å². The van der Waals surface area contributed by atoms with Gasteiger partial charge in [-0.05, 0) is 58.1 Å². The quantitative estimate of drug-likeness (QED) is 0.778. The highest BCUT2D eigenvalue weighted by atomic mass is 32.1. The maximum absolute atomic E-state index is 12.9. The lowest BCUT2D eigenvalue weighted by Crippen LogP contribution is -2.45. The molecule has 2 fully saturated rings. The van der Waals surface area contributed by atoms with Crippen LogP contribution >= 0.6 is 22.7 Å². The highest BCUT2D eigenvalue weighted by Gasteiger charge is 2.27. The Balaban J connectivity index is 1.36. The zero-order valence-corrected chi connectivity index (χ0v) is 17.3. The van der Waals surface area contributed by atoms with Crippen molar-refractivity contribution in [2.75, 3.05) is 37.6 Å². The summed E-state index contributed by atoms with van der Waals surface area (Å²) in [5, 5.41) is 4.75. The summed E-state index contributed by atoms with van der Waals surface area (Å²) in [5.74, 6) is 1.10. The van der Waals surface area contributed by atoms with Crippen LogP contribution in [-0.4, -0.2) is 54.6 Å². The molecule has 1 saturated carbocycles. The van der Waals surface area contributed by atoms with Gasteiger partial charge in [-0.1, -0.05) is 11.3 Å². The highest BCUT2D eigenvalue weighted by molar-refractivity contribution is 7.29. The number of amides is 1. The number of aromatic nitrogens is 1. The third kappa shape index (κ3) is 3.89. The second kappa shape index (κ2) is 7.82. The zero-order valence-electron chi connectivity index (χ0n) is 15.7. The van der Waals surface area contributed by atoms with Crippen molar-refractivity contribution in [3.63, 3.8) is 0 Å². The molecule has 0 unspecified atom stereocenters. The van der Waals surface area contributed by atoms with Gasteiger partial charge in [0.05, 0.1) is 9.58 Å². The van der Waals surface area contributed by atoms with Crippen LogP contribution in [0.4, 0.5) is 5.13 Å². The summed E-state index contributed by atoms with van der Waals surface area (Å²) in [5.41, 5.74) is 0. The number of hydrogen-bond acceptors (Lipinski definition) is 6. The lowest BCUT2D eigenvalue weighted by molar-refractivity contribution is 0.0710. The third-order valence-electron chi connectivity index (χ3n) is 5.50. The molecule has 2 aliphatic rings. The molecule has 7 heteroatoms. The topological polar surface area (TPSA) is 48.5 Å². The van der Waals surface area contributed by atoms with Gasteiger partial charge >= 0.3 is 0 Å². The number of likely N-dealkylation sites (tertiary alicyclic amines) is 1. The van der Waals surface area contributed by atoms with E-state index in [2.05, 4.69) is 24.1 Å². The fraction of sp³-hybridized carbons (Fsp3) is 0.684. The Morgan fingerprint density at radius 1 is 1.23 bits per heavy atom. The van der Waals surface area contributed by atoms with E-state index in [9.17, 15) is 4.79 Å². The van der Waals surface area contributed by atoms with Crippen molar-refractivity contribution in [2.24, 2.45) is 5.92 Å². The minimum Gasteiger partial charge on any atom is -0.349 e. The zero-order chi connectivity index (χ0) is 18.1. The van der Waals surface area contributed by atoms with Crippen molar-refractivity contribution < 1.29 is 4.79 Å². The number of nitrogens with zero attached hydrogens (tertiary/aromatic N) is 3. The predicted molar refractivity (Wildman–Crippen MR) is 111 cm³/mol. The minimum atomic E-state index is 0.185. The molecule has 0 spiro atoms. The second-order valence-corrected chi connectivity index (χ2v) is 9.41. The largest absolute Gasteiger partial charge is 0.349 e. The number of hydrogen-bond donors (Lipinski definition) is 1. The van der Waals surface area contributed by atoms with Crippen LogP contribution in [0, 0.1) is 5.92 Å². The van der Waals surface area contributed by atoms with Gasteiger partial charge in [-0.15, -0.1) is 11.3 Å². The first-order valence-electron chi connectivity index (χ1n) is 9.85. The molecule has 0 atom stereocenters. The first-order valence-corrected chi connectivity index (χ1v) is 11.5. The Morgan fingerprint density at radius 3 is 2.58 bits per heavy atom. The van der Waals surface area contributed by atoms with Crippen molar-refractivity contribution >= 4 is 43.2 Å². The highest BCUT2D eigenvalue weighted by Crippen LogP contribution is 2.35. The molecule has 0 bridgehead atoms. The molecule has 0 aromatic carbocycles. The first kappa shape index (κ1) is 18.2. The number of nitrogens with one attached hydrogen (secondary N) is 1. The molecule has 3 heterocycles. The van der Waals surface area contributed by atoms with E-state index in [-0.39, 0.29) is 5.91 Å². The lowest BCUT2D eigenvalue weighted by Gasteiger charge is -2.32. The molecule has 1 saturated heterocycles. The third-order valence-corrected chi connectivity index (χ3v) is 7.71. The number of rotatable bonds is 7. The van der Waals surface area contributed by atoms with E-state index in [0.717, 1.165) is 64.5 Å². The monoisotopic (exact) mass is 392 g/mol. The van der Waals surface area contributed by atoms with Crippen LogP contribution in [0.25, 0.3) is 9.53 Å². The van der Waals surface area contributed by atoms with Gasteiger partial charge < -0.3 is 15.1 Å². The average Bonchev–Trinajstić information content (AvgIpc) is 3.29. The number of fused-ring (bicyclic) bond motifs is 1. The van der Waals surface area contributed by atoms with E-state index in [4.69, 9.17) is 4.98 Å². The number of carbonyl (C=O) groups is 1. The van der Waals surface area contributed by atoms with Crippen LogP contribution in [0.2, 0.25) is 0 Å². The second-order valence-electron chi connectivity index (χ2n) is 7.37. The maximum Gasteiger partial charge on any atom is 0.264 e. The Bertz CT molecular complexity index is 723. The molecule has 1 N–H and O–H groups in total. The van der Waals surface area contributed by atoms with Gasteiger partial charge in [0.15, 0.2) is 5.13 Å². The summed E-state index contributed by atoms with van der Waals surface area (Å²) >= 11 is 3.25. The Morgan fingerprint density at radius 2 is 1.96 bits per heavy atom. The van der Waals surface area contributed by atoms with E-state index in [0.29, 0.717) is 6.04 Å². The van der Waals surface area contributed by atoms with Crippen LogP contribution < -0.4 is 10.2 Å². The molecule has 5 nitrogen and oxygen atoms in total. The molecule has 142 valence electrons. The van der Waals surface area contributed by atoms with Gasteiger partial charge in [-0.25, -0.2) is 4.98 Å². The first-order chi connectivity index (χ1) is 12.7. The molecular formula is C19H28N4OS2. The Hall–Kier alpha value is -1.18. The average molecular weight is 393 g/mol. The van der Waals surface area contributed by atoms with E-state index < -0.39 is 0 Å². The SMILES string of the molecule is CCN(CC)c1nc2sc(C(=O)N3CCC(NCC4CC4)CC3)cc2s1. The van der Waals surface area contributed by atoms with Crippen LogP contribution in [0.3, 0.4) is 0 Å². The normalized spacial score (nSPS) is 18.6. The summed E-state index contributed by atoms with van der Waals surface area (Å²) in [6, 6.07) is 2.63. The summed E-state index contributed by atoms with van der Waals surface area (Å²) < 4.78 is 1.14. The van der Waals surface area contributed by atoms with Crippen molar-refractivity contribution in [1.82, 2.24) is 15.2 Å². The molecule has 26 heavy (non-hydrogen) atoms. The number of carbonyl (C=O) groups excluding carboxylic acids is 1. The van der Waals surface area contributed by atoms with Crippen molar-refractivity contribution in [3.8, 4) is 0 Å². The summed E-state index contributed by atoms with van der Waals surface area (Å²) in [6.45, 7) is 9.13. The summed E-state index contributed by atoms with van der Waals surface area (Å²) in [6.07, 6.45) is 4.93. The van der Waals surface area contributed by atoms with Crippen molar-refractivity contribution in [3.05, 3.63) is 10.9 Å². The van der Waals surface area contributed by atoms with Gasteiger partial charge in [-0.2, -0.15) is 0 Å². The summed E-state index contributed by atoms with van der Waals surface area (Å²) in [7, 11) is 0. The van der Waals surface area contributed by atoms with Crippen LogP contribution in [0.5, 0.6) is 0 Å². The van der Waals surface area contributed by atoms with Gasteiger partial charge in [-0.3, -0.25) is 4.79 Å². The van der Waals surface area contributed by atoms with E-state index in [1.807, 2.05) is 11.0 Å². The van der Waals surface area contributed by atoms with Crippen molar-refractivity contribution in [2.45, 2.75) is 45.6 Å². The molecule has 1 aliphatic carbocycles.